The fourth-order valence-corrected chi connectivity index (χ4v) is 1.85. The molecule has 0 amide bonds. The number of halogens is 2. The molecule has 0 atom stereocenters. The molecule has 0 unspecified atom stereocenters. The smallest absolute Gasteiger partial charge is 0.147 e. The maximum atomic E-state index is 6.02. The second-order valence-corrected chi connectivity index (χ2v) is 4.83. The van der Waals surface area contributed by atoms with Crippen molar-refractivity contribution in [2.24, 2.45) is 0 Å². The van der Waals surface area contributed by atoms with Gasteiger partial charge in [0.25, 0.3) is 0 Å². The van der Waals surface area contributed by atoms with Crippen LogP contribution in [0.4, 0.5) is 0 Å². The standard InChI is InChI=1S/C10H15BrClN3/c1-4-5-7-9(11)10(12)14-8(13-7)6-15(2)3/h4-6H2,1-3H3. The van der Waals surface area contributed by atoms with Crippen molar-refractivity contribution in [1.29, 1.82) is 0 Å². The van der Waals surface area contributed by atoms with E-state index in [2.05, 4.69) is 32.8 Å². The van der Waals surface area contributed by atoms with Crippen LogP contribution in [0.3, 0.4) is 0 Å². The van der Waals surface area contributed by atoms with Gasteiger partial charge in [-0.15, -0.1) is 0 Å². The molecule has 1 aromatic rings. The van der Waals surface area contributed by atoms with E-state index in [-0.39, 0.29) is 0 Å². The van der Waals surface area contributed by atoms with Gasteiger partial charge in [-0.3, -0.25) is 0 Å². The number of hydrogen-bond acceptors (Lipinski definition) is 3. The van der Waals surface area contributed by atoms with Gasteiger partial charge in [0.05, 0.1) is 16.7 Å². The minimum absolute atomic E-state index is 0.505. The van der Waals surface area contributed by atoms with Gasteiger partial charge in [0, 0.05) is 0 Å². The highest BCUT2D eigenvalue weighted by Crippen LogP contribution is 2.24. The van der Waals surface area contributed by atoms with Gasteiger partial charge in [-0.25, -0.2) is 9.97 Å². The number of rotatable bonds is 4. The molecule has 0 fully saturated rings. The van der Waals surface area contributed by atoms with E-state index in [1.807, 2.05) is 19.0 Å². The fourth-order valence-electron chi connectivity index (χ4n) is 1.27. The first-order valence-corrected chi connectivity index (χ1v) is 6.07. The summed E-state index contributed by atoms with van der Waals surface area (Å²) in [6, 6.07) is 0. The molecular weight excluding hydrogens is 277 g/mol. The minimum atomic E-state index is 0.505. The van der Waals surface area contributed by atoms with Crippen LogP contribution in [0.1, 0.15) is 24.9 Å². The number of nitrogens with zero attached hydrogens (tertiary/aromatic N) is 3. The number of aryl methyl sites for hydroxylation is 1. The first-order valence-electron chi connectivity index (χ1n) is 4.90. The summed E-state index contributed by atoms with van der Waals surface area (Å²) in [6.07, 6.45) is 1.97. The van der Waals surface area contributed by atoms with Crippen molar-refractivity contribution >= 4 is 27.5 Å². The first-order chi connectivity index (χ1) is 7.04. The van der Waals surface area contributed by atoms with E-state index < -0.39 is 0 Å². The van der Waals surface area contributed by atoms with E-state index in [9.17, 15) is 0 Å². The average Bonchev–Trinajstić information content (AvgIpc) is 2.12. The molecule has 0 aliphatic rings. The molecule has 0 spiro atoms. The van der Waals surface area contributed by atoms with Gasteiger partial charge in [0.1, 0.15) is 11.0 Å². The van der Waals surface area contributed by atoms with E-state index >= 15 is 0 Å². The van der Waals surface area contributed by atoms with Gasteiger partial charge in [0.15, 0.2) is 0 Å². The van der Waals surface area contributed by atoms with Crippen molar-refractivity contribution in [3.05, 3.63) is 21.1 Å². The second kappa shape index (κ2) is 5.77. The number of aromatic nitrogens is 2. The summed E-state index contributed by atoms with van der Waals surface area (Å²) in [5, 5.41) is 0.505. The summed E-state index contributed by atoms with van der Waals surface area (Å²) in [5.74, 6) is 0.775. The molecular formula is C10H15BrClN3. The summed E-state index contributed by atoms with van der Waals surface area (Å²) >= 11 is 9.43. The van der Waals surface area contributed by atoms with E-state index in [0.717, 1.165) is 28.8 Å². The minimum Gasteiger partial charge on any atom is -0.302 e. The predicted molar refractivity (Wildman–Crippen MR) is 66.1 cm³/mol. The van der Waals surface area contributed by atoms with Gasteiger partial charge in [0.2, 0.25) is 0 Å². The van der Waals surface area contributed by atoms with Crippen molar-refractivity contribution in [3.63, 3.8) is 0 Å². The fraction of sp³-hybridized carbons (Fsp3) is 0.600. The van der Waals surface area contributed by atoms with Crippen LogP contribution in [0.2, 0.25) is 5.15 Å². The van der Waals surface area contributed by atoms with Crippen LogP contribution >= 0.6 is 27.5 Å². The maximum absolute atomic E-state index is 6.02. The monoisotopic (exact) mass is 291 g/mol. The maximum Gasteiger partial charge on any atom is 0.147 e. The first kappa shape index (κ1) is 12.9. The predicted octanol–water partition coefficient (Wildman–Crippen LogP) is 2.91. The Balaban J connectivity index is 3.00. The summed E-state index contributed by atoms with van der Waals surface area (Å²) in [6.45, 7) is 2.83. The van der Waals surface area contributed by atoms with Crippen molar-refractivity contribution < 1.29 is 0 Å². The summed E-state index contributed by atoms with van der Waals surface area (Å²) in [4.78, 5) is 10.7. The highest BCUT2D eigenvalue weighted by Gasteiger charge is 2.10. The van der Waals surface area contributed by atoms with Crippen molar-refractivity contribution in [2.75, 3.05) is 14.1 Å². The van der Waals surface area contributed by atoms with Crippen molar-refractivity contribution in [2.45, 2.75) is 26.3 Å². The molecule has 5 heteroatoms. The Morgan fingerprint density at radius 1 is 1.33 bits per heavy atom. The molecule has 84 valence electrons. The lowest BCUT2D eigenvalue weighted by Gasteiger charge is -2.11. The zero-order valence-electron chi connectivity index (χ0n) is 9.22. The third-order valence-corrected chi connectivity index (χ3v) is 3.21. The van der Waals surface area contributed by atoms with Crippen LogP contribution in [0, 0.1) is 0 Å². The lowest BCUT2D eigenvalue weighted by molar-refractivity contribution is 0.389. The molecule has 15 heavy (non-hydrogen) atoms. The Morgan fingerprint density at radius 3 is 2.53 bits per heavy atom. The Labute approximate surface area is 104 Å². The molecule has 0 aliphatic carbocycles. The van der Waals surface area contributed by atoms with E-state index in [4.69, 9.17) is 11.6 Å². The topological polar surface area (TPSA) is 29.0 Å². The quantitative estimate of drug-likeness (QED) is 0.799. The Bertz CT molecular complexity index is 342. The van der Waals surface area contributed by atoms with Crippen molar-refractivity contribution in [1.82, 2.24) is 14.9 Å². The molecule has 0 saturated heterocycles. The average molecular weight is 293 g/mol. The SMILES string of the molecule is CCCc1nc(CN(C)C)nc(Cl)c1Br. The van der Waals surface area contributed by atoms with E-state index in [0.29, 0.717) is 11.7 Å². The van der Waals surface area contributed by atoms with Gasteiger partial charge < -0.3 is 4.90 Å². The molecule has 0 bridgehead atoms. The highest BCUT2D eigenvalue weighted by atomic mass is 79.9. The zero-order chi connectivity index (χ0) is 11.4. The molecule has 0 aromatic carbocycles. The molecule has 0 N–H and O–H groups in total. The van der Waals surface area contributed by atoms with Crippen LogP contribution in [-0.2, 0) is 13.0 Å². The lowest BCUT2D eigenvalue weighted by Crippen LogP contribution is -2.14. The highest BCUT2D eigenvalue weighted by molar-refractivity contribution is 9.10. The Kier molecular flexibility index (Phi) is 4.96. The molecule has 1 aromatic heterocycles. The molecule has 0 aliphatic heterocycles. The summed E-state index contributed by atoms with van der Waals surface area (Å²) in [5.41, 5.74) is 0.995. The van der Waals surface area contributed by atoms with Gasteiger partial charge in [-0.05, 0) is 36.4 Å². The third-order valence-electron chi connectivity index (χ3n) is 1.87. The van der Waals surface area contributed by atoms with Crippen LogP contribution < -0.4 is 0 Å². The van der Waals surface area contributed by atoms with E-state index in [1.54, 1.807) is 0 Å². The molecule has 0 radical (unpaired) electrons. The van der Waals surface area contributed by atoms with Crippen LogP contribution in [0.15, 0.2) is 4.47 Å². The molecule has 0 saturated carbocycles. The van der Waals surface area contributed by atoms with Gasteiger partial charge in [-0.2, -0.15) is 0 Å². The largest absolute Gasteiger partial charge is 0.302 e. The van der Waals surface area contributed by atoms with Crippen molar-refractivity contribution in [3.8, 4) is 0 Å². The van der Waals surface area contributed by atoms with Gasteiger partial charge >= 0.3 is 0 Å². The summed E-state index contributed by atoms with van der Waals surface area (Å²) < 4.78 is 0.827. The normalized spacial score (nSPS) is 11.1. The molecule has 1 rings (SSSR count). The van der Waals surface area contributed by atoms with Gasteiger partial charge in [-0.1, -0.05) is 24.9 Å². The van der Waals surface area contributed by atoms with Crippen LogP contribution in [0.5, 0.6) is 0 Å². The molecule has 3 nitrogen and oxygen atoms in total. The lowest BCUT2D eigenvalue weighted by atomic mass is 10.2. The molecule has 1 heterocycles. The Morgan fingerprint density at radius 2 is 2.00 bits per heavy atom. The zero-order valence-corrected chi connectivity index (χ0v) is 11.6. The Hall–Kier alpha value is -0.190. The van der Waals surface area contributed by atoms with E-state index in [1.165, 1.54) is 0 Å². The third kappa shape index (κ3) is 3.70. The summed E-state index contributed by atoms with van der Waals surface area (Å²) in [7, 11) is 3.97. The van der Waals surface area contributed by atoms with Crippen LogP contribution in [-0.4, -0.2) is 29.0 Å². The van der Waals surface area contributed by atoms with Crippen LogP contribution in [0.25, 0.3) is 0 Å². The number of hydrogen-bond donors (Lipinski definition) is 0. The second-order valence-electron chi connectivity index (χ2n) is 3.68.